The number of nitriles is 1. The molecule has 0 unspecified atom stereocenters. The Morgan fingerprint density at radius 3 is 2.92 bits per heavy atom. The van der Waals surface area contributed by atoms with Crippen molar-refractivity contribution in [1.29, 1.82) is 5.26 Å². The van der Waals surface area contributed by atoms with Crippen LogP contribution in [0.5, 0.6) is 0 Å². The van der Waals surface area contributed by atoms with E-state index in [0.717, 1.165) is 11.3 Å². The standard InChI is InChI=1S/C18H16N4O2S/c1-3-14-8-15-17(25-14)20-11(2)22(18(15)24)10-16(23)21-13-6-4-5-12(7-13)9-19/h4-8H,3,10H2,1-2H3,(H,21,23). The van der Waals surface area contributed by atoms with Gasteiger partial charge in [-0.3, -0.25) is 14.2 Å². The maximum absolute atomic E-state index is 12.7. The number of benzene rings is 1. The van der Waals surface area contributed by atoms with Crippen molar-refractivity contribution in [2.24, 2.45) is 0 Å². The molecule has 6 nitrogen and oxygen atoms in total. The lowest BCUT2D eigenvalue weighted by atomic mass is 10.2. The molecule has 126 valence electrons. The lowest BCUT2D eigenvalue weighted by Gasteiger charge is -2.10. The molecule has 7 heteroatoms. The number of aryl methyl sites for hydroxylation is 2. The summed E-state index contributed by atoms with van der Waals surface area (Å²) in [4.78, 5) is 31.2. The summed E-state index contributed by atoms with van der Waals surface area (Å²) < 4.78 is 1.37. The summed E-state index contributed by atoms with van der Waals surface area (Å²) in [5.74, 6) is 0.162. The van der Waals surface area contributed by atoms with E-state index in [1.807, 2.05) is 19.1 Å². The Labute approximate surface area is 148 Å². The van der Waals surface area contributed by atoms with Crippen LogP contribution in [0.4, 0.5) is 5.69 Å². The molecule has 3 rings (SSSR count). The number of amides is 1. The van der Waals surface area contributed by atoms with E-state index in [0.29, 0.717) is 27.3 Å². The molecule has 1 aromatic carbocycles. The first kappa shape index (κ1) is 16.9. The van der Waals surface area contributed by atoms with Crippen molar-refractivity contribution in [3.8, 4) is 6.07 Å². The number of rotatable bonds is 4. The van der Waals surface area contributed by atoms with Crippen molar-refractivity contribution in [2.75, 3.05) is 5.32 Å². The summed E-state index contributed by atoms with van der Waals surface area (Å²) in [6, 6.07) is 10.5. The highest BCUT2D eigenvalue weighted by Gasteiger charge is 2.14. The topological polar surface area (TPSA) is 87.8 Å². The quantitative estimate of drug-likeness (QED) is 0.782. The molecular weight excluding hydrogens is 336 g/mol. The highest BCUT2D eigenvalue weighted by atomic mass is 32.1. The van der Waals surface area contributed by atoms with Crippen molar-refractivity contribution in [3.05, 3.63) is 57.0 Å². The maximum atomic E-state index is 12.7. The summed E-state index contributed by atoms with van der Waals surface area (Å²) >= 11 is 1.50. The minimum absolute atomic E-state index is 0.123. The van der Waals surface area contributed by atoms with Crippen LogP contribution in [0.3, 0.4) is 0 Å². The zero-order valence-corrected chi connectivity index (χ0v) is 14.7. The Balaban J connectivity index is 1.88. The number of anilines is 1. The molecule has 3 aromatic rings. The lowest BCUT2D eigenvalue weighted by Crippen LogP contribution is -2.29. The molecule has 0 atom stereocenters. The van der Waals surface area contributed by atoms with E-state index in [-0.39, 0.29) is 18.0 Å². The van der Waals surface area contributed by atoms with Gasteiger partial charge in [0.15, 0.2) is 0 Å². The van der Waals surface area contributed by atoms with Crippen molar-refractivity contribution in [2.45, 2.75) is 26.8 Å². The average molecular weight is 352 g/mol. The predicted octanol–water partition coefficient (Wildman–Crippen LogP) is 2.84. The van der Waals surface area contributed by atoms with Gasteiger partial charge < -0.3 is 5.32 Å². The van der Waals surface area contributed by atoms with Crippen LogP contribution in [-0.2, 0) is 17.8 Å². The molecule has 0 radical (unpaired) electrons. The van der Waals surface area contributed by atoms with Crippen LogP contribution in [0, 0.1) is 18.3 Å². The molecule has 1 amide bonds. The van der Waals surface area contributed by atoms with Gasteiger partial charge in [-0.25, -0.2) is 4.98 Å². The molecule has 2 aromatic heterocycles. The van der Waals surface area contributed by atoms with E-state index in [4.69, 9.17) is 5.26 Å². The highest BCUT2D eigenvalue weighted by Crippen LogP contribution is 2.22. The number of carbonyl (C=O) groups excluding carboxylic acids is 1. The number of thiophene rings is 1. The Morgan fingerprint density at radius 1 is 1.40 bits per heavy atom. The third-order valence-electron chi connectivity index (χ3n) is 3.82. The number of fused-ring (bicyclic) bond motifs is 1. The van der Waals surface area contributed by atoms with Crippen LogP contribution < -0.4 is 10.9 Å². The lowest BCUT2D eigenvalue weighted by molar-refractivity contribution is -0.116. The molecule has 1 N–H and O–H groups in total. The minimum Gasteiger partial charge on any atom is -0.324 e. The first-order chi connectivity index (χ1) is 12.0. The monoisotopic (exact) mass is 352 g/mol. The Kier molecular flexibility index (Phi) is 4.63. The first-order valence-corrected chi connectivity index (χ1v) is 8.63. The molecule has 0 aliphatic heterocycles. The van der Waals surface area contributed by atoms with Crippen molar-refractivity contribution < 1.29 is 4.79 Å². The molecule has 0 spiro atoms. The van der Waals surface area contributed by atoms with Crippen molar-refractivity contribution in [3.63, 3.8) is 0 Å². The number of carbonyl (C=O) groups is 1. The minimum atomic E-state index is -0.340. The van der Waals surface area contributed by atoms with E-state index < -0.39 is 0 Å². The summed E-state index contributed by atoms with van der Waals surface area (Å²) in [5, 5.41) is 12.2. The van der Waals surface area contributed by atoms with Gasteiger partial charge in [0.05, 0.1) is 17.0 Å². The highest BCUT2D eigenvalue weighted by molar-refractivity contribution is 7.18. The third kappa shape index (κ3) is 3.44. The number of nitrogens with one attached hydrogen (secondary N) is 1. The van der Waals surface area contributed by atoms with E-state index in [1.165, 1.54) is 15.9 Å². The van der Waals surface area contributed by atoms with E-state index in [2.05, 4.69) is 10.3 Å². The molecule has 0 aliphatic rings. The Hall–Kier alpha value is -2.98. The van der Waals surface area contributed by atoms with Crippen molar-refractivity contribution >= 4 is 33.1 Å². The maximum Gasteiger partial charge on any atom is 0.262 e. The van der Waals surface area contributed by atoms with Gasteiger partial charge in [-0.05, 0) is 37.6 Å². The first-order valence-electron chi connectivity index (χ1n) is 7.81. The fourth-order valence-electron chi connectivity index (χ4n) is 2.54. The second-order valence-electron chi connectivity index (χ2n) is 5.58. The predicted molar refractivity (Wildman–Crippen MR) is 97.8 cm³/mol. The van der Waals surface area contributed by atoms with Gasteiger partial charge in [-0.2, -0.15) is 5.26 Å². The van der Waals surface area contributed by atoms with Crippen LogP contribution >= 0.6 is 11.3 Å². The number of hydrogen-bond donors (Lipinski definition) is 1. The second-order valence-corrected chi connectivity index (χ2v) is 6.69. The Bertz CT molecular complexity index is 1060. The van der Waals surface area contributed by atoms with Crippen LogP contribution in [0.25, 0.3) is 10.2 Å². The van der Waals surface area contributed by atoms with Gasteiger partial charge in [0.2, 0.25) is 5.91 Å². The number of nitrogens with zero attached hydrogens (tertiary/aromatic N) is 3. The average Bonchev–Trinajstić information content (AvgIpc) is 3.02. The molecule has 2 heterocycles. The van der Waals surface area contributed by atoms with Crippen LogP contribution in [-0.4, -0.2) is 15.5 Å². The van der Waals surface area contributed by atoms with Gasteiger partial charge in [-0.15, -0.1) is 11.3 Å². The molecule has 25 heavy (non-hydrogen) atoms. The Morgan fingerprint density at radius 2 is 2.20 bits per heavy atom. The molecule has 0 saturated heterocycles. The zero-order chi connectivity index (χ0) is 18.0. The van der Waals surface area contributed by atoms with Gasteiger partial charge in [0.25, 0.3) is 5.56 Å². The summed E-state index contributed by atoms with van der Waals surface area (Å²) in [6.45, 7) is 3.62. The van der Waals surface area contributed by atoms with Crippen LogP contribution in [0.15, 0.2) is 35.1 Å². The van der Waals surface area contributed by atoms with E-state index in [9.17, 15) is 9.59 Å². The molecular formula is C18H16N4O2S. The largest absolute Gasteiger partial charge is 0.324 e. The van der Waals surface area contributed by atoms with Crippen molar-refractivity contribution in [1.82, 2.24) is 9.55 Å². The normalized spacial score (nSPS) is 10.6. The number of hydrogen-bond acceptors (Lipinski definition) is 5. The van der Waals surface area contributed by atoms with Gasteiger partial charge in [0, 0.05) is 10.6 Å². The SMILES string of the molecule is CCc1cc2c(=O)n(CC(=O)Nc3cccc(C#N)c3)c(C)nc2s1. The molecule has 0 saturated carbocycles. The van der Waals surface area contributed by atoms with Gasteiger partial charge >= 0.3 is 0 Å². The number of aromatic nitrogens is 2. The van der Waals surface area contributed by atoms with E-state index in [1.54, 1.807) is 31.2 Å². The van der Waals surface area contributed by atoms with Crippen LogP contribution in [0.2, 0.25) is 0 Å². The summed E-state index contributed by atoms with van der Waals surface area (Å²) in [7, 11) is 0. The smallest absolute Gasteiger partial charge is 0.262 e. The van der Waals surface area contributed by atoms with Gasteiger partial charge in [-0.1, -0.05) is 13.0 Å². The summed E-state index contributed by atoms with van der Waals surface area (Å²) in [6.07, 6.45) is 0.842. The zero-order valence-electron chi connectivity index (χ0n) is 13.9. The second kappa shape index (κ2) is 6.87. The van der Waals surface area contributed by atoms with Crippen LogP contribution in [0.1, 0.15) is 23.2 Å². The molecule has 0 bridgehead atoms. The molecule has 0 aliphatic carbocycles. The fourth-order valence-corrected chi connectivity index (χ4v) is 3.54. The van der Waals surface area contributed by atoms with E-state index >= 15 is 0 Å². The fraction of sp³-hybridized carbons (Fsp3) is 0.222. The van der Waals surface area contributed by atoms with Gasteiger partial charge in [0.1, 0.15) is 17.2 Å². The molecule has 0 fully saturated rings. The summed E-state index contributed by atoms with van der Waals surface area (Å²) in [5.41, 5.74) is 0.770. The third-order valence-corrected chi connectivity index (χ3v) is 4.99.